The van der Waals surface area contributed by atoms with E-state index in [1.807, 2.05) is 0 Å². The lowest BCUT2D eigenvalue weighted by atomic mass is 9.98. The molecule has 0 atom stereocenters. The van der Waals surface area contributed by atoms with Gasteiger partial charge in [-0.1, -0.05) is 13.8 Å². The SMILES string of the molecule is CC(C)(COc1ccc(C#N)c(F)c1)CS(=O)(=O)Cl. The van der Waals surface area contributed by atoms with Gasteiger partial charge in [-0.05, 0) is 12.1 Å². The Morgan fingerprint density at radius 2 is 2.11 bits per heavy atom. The number of benzene rings is 1. The number of hydrogen-bond donors (Lipinski definition) is 0. The molecule has 19 heavy (non-hydrogen) atoms. The van der Waals surface area contributed by atoms with E-state index in [-0.39, 0.29) is 23.7 Å². The van der Waals surface area contributed by atoms with Gasteiger partial charge in [-0.15, -0.1) is 0 Å². The molecule has 0 unspecified atom stereocenters. The molecule has 1 aromatic rings. The Labute approximate surface area is 116 Å². The van der Waals surface area contributed by atoms with Crippen LogP contribution in [0.3, 0.4) is 0 Å². The first-order valence-corrected chi connectivity index (χ1v) is 7.86. The summed E-state index contributed by atoms with van der Waals surface area (Å²) in [6, 6.07) is 5.54. The summed E-state index contributed by atoms with van der Waals surface area (Å²) in [6.07, 6.45) is 0. The topological polar surface area (TPSA) is 67.2 Å². The van der Waals surface area contributed by atoms with Gasteiger partial charge in [0.05, 0.1) is 17.9 Å². The Morgan fingerprint density at radius 1 is 1.47 bits per heavy atom. The maximum absolute atomic E-state index is 13.3. The first kappa shape index (κ1) is 15.7. The molecule has 0 saturated heterocycles. The lowest BCUT2D eigenvalue weighted by molar-refractivity contribution is 0.199. The van der Waals surface area contributed by atoms with Gasteiger partial charge in [0, 0.05) is 22.2 Å². The fourth-order valence-corrected chi connectivity index (χ4v) is 3.37. The minimum Gasteiger partial charge on any atom is -0.493 e. The van der Waals surface area contributed by atoms with Crippen molar-refractivity contribution in [1.82, 2.24) is 0 Å². The molecule has 0 aliphatic carbocycles. The maximum atomic E-state index is 13.3. The molecule has 104 valence electrons. The van der Waals surface area contributed by atoms with Crippen molar-refractivity contribution in [2.45, 2.75) is 13.8 Å². The van der Waals surface area contributed by atoms with E-state index in [1.54, 1.807) is 19.9 Å². The average molecular weight is 306 g/mol. The highest BCUT2D eigenvalue weighted by molar-refractivity contribution is 8.13. The Morgan fingerprint density at radius 3 is 2.58 bits per heavy atom. The average Bonchev–Trinajstić information content (AvgIpc) is 2.23. The normalized spacial score (nSPS) is 11.9. The minimum absolute atomic E-state index is 0.0598. The predicted octanol–water partition coefficient (Wildman–Crippen LogP) is 2.67. The second-order valence-electron chi connectivity index (χ2n) is 4.89. The third kappa shape index (κ3) is 5.45. The van der Waals surface area contributed by atoms with Crippen LogP contribution in [0.1, 0.15) is 19.4 Å². The van der Waals surface area contributed by atoms with Crippen LogP contribution in [0.5, 0.6) is 5.75 Å². The lowest BCUT2D eigenvalue weighted by Crippen LogP contribution is -2.28. The molecule has 0 fully saturated rings. The predicted molar refractivity (Wildman–Crippen MR) is 70.0 cm³/mol. The summed E-state index contributed by atoms with van der Waals surface area (Å²) in [4.78, 5) is 0. The van der Waals surface area contributed by atoms with Crippen LogP contribution in [-0.4, -0.2) is 20.8 Å². The molecule has 0 spiro atoms. The van der Waals surface area contributed by atoms with Crippen molar-refractivity contribution in [3.05, 3.63) is 29.6 Å². The van der Waals surface area contributed by atoms with Crippen LogP contribution in [0.15, 0.2) is 18.2 Å². The van der Waals surface area contributed by atoms with Crippen molar-refractivity contribution in [1.29, 1.82) is 5.26 Å². The van der Waals surface area contributed by atoms with Crippen LogP contribution in [-0.2, 0) is 9.05 Å². The Hall–Kier alpha value is -1.32. The zero-order valence-corrected chi connectivity index (χ0v) is 12.1. The molecule has 0 amide bonds. The second-order valence-corrected chi connectivity index (χ2v) is 7.67. The van der Waals surface area contributed by atoms with E-state index in [4.69, 9.17) is 20.7 Å². The van der Waals surface area contributed by atoms with Crippen LogP contribution in [0, 0.1) is 22.6 Å². The molecule has 1 aromatic carbocycles. The van der Waals surface area contributed by atoms with E-state index in [0.717, 1.165) is 6.07 Å². The highest BCUT2D eigenvalue weighted by Gasteiger charge is 2.26. The molecule has 0 bridgehead atoms. The summed E-state index contributed by atoms with van der Waals surface area (Å²) >= 11 is 0. The van der Waals surface area contributed by atoms with Gasteiger partial charge in [0.1, 0.15) is 17.6 Å². The number of hydrogen-bond acceptors (Lipinski definition) is 4. The van der Waals surface area contributed by atoms with Crippen LogP contribution >= 0.6 is 10.7 Å². The number of nitriles is 1. The van der Waals surface area contributed by atoms with E-state index in [0.29, 0.717) is 0 Å². The van der Waals surface area contributed by atoms with Gasteiger partial charge in [-0.3, -0.25) is 0 Å². The summed E-state index contributed by atoms with van der Waals surface area (Å²) in [5.41, 5.74) is -0.778. The van der Waals surface area contributed by atoms with Crippen molar-refractivity contribution in [2.24, 2.45) is 5.41 Å². The Bertz CT molecular complexity index is 608. The monoisotopic (exact) mass is 305 g/mol. The molecule has 0 radical (unpaired) electrons. The maximum Gasteiger partial charge on any atom is 0.233 e. The number of ether oxygens (including phenoxy) is 1. The van der Waals surface area contributed by atoms with Gasteiger partial charge in [0.2, 0.25) is 9.05 Å². The smallest absolute Gasteiger partial charge is 0.233 e. The summed E-state index contributed by atoms with van der Waals surface area (Å²) in [7, 11) is 1.55. The fourth-order valence-electron chi connectivity index (χ4n) is 1.46. The Balaban J connectivity index is 2.72. The highest BCUT2D eigenvalue weighted by atomic mass is 35.7. The molecule has 0 N–H and O–H groups in total. The summed E-state index contributed by atoms with van der Waals surface area (Å²) in [5, 5.41) is 8.58. The van der Waals surface area contributed by atoms with E-state index < -0.39 is 20.3 Å². The second kappa shape index (κ2) is 5.76. The highest BCUT2D eigenvalue weighted by Crippen LogP contribution is 2.23. The van der Waals surface area contributed by atoms with E-state index in [1.165, 1.54) is 12.1 Å². The first-order chi connectivity index (χ1) is 8.63. The van der Waals surface area contributed by atoms with Crippen molar-refractivity contribution < 1.29 is 17.5 Å². The van der Waals surface area contributed by atoms with Gasteiger partial charge >= 0.3 is 0 Å². The zero-order valence-electron chi connectivity index (χ0n) is 10.5. The van der Waals surface area contributed by atoms with Gasteiger partial charge in [-0.25, -0.2) is 12.8 Å². The molecule has 0 aromatic heterocycles. The largest absolute Gasteiger partial charge is 0.493 e. The van der Waals surface area contributed by atoms with Crippen LogP contribution in [0.25, 0.3) is 0 Å². The van der Waals surface area contributed by atoms with E-state index in [9.17, 15) is 12.8 Å². The molecule has 4 nitrogen and oxygen atoms in total. The van der Waals surface area contributed by atoms with Crippen molar-refractivity contribution >= 4 is 19.7 Å². The number of halogens is 2. The fraction of sp³-hybridized carbons (Fsp3) is 0.417. The molecule has 1 rings (SSSR count). The van der Waals surface area contributed by atoms with E-state index >= 15 is 0 Å². The molecule has 0 aliphatic heterocycles. The Kier molecular flexibility index (Phi) is 4.77. The van der Waals surface area contributed by atoms with Crippen LogP contribution < -0.4 is 4.74 Å². The molecular formula is C12H13ClFNO3S. The third-order valence-corrected chi connectivity index (χ3v) is 3.71. The summed E-state index contributed by atoms with van der Waals surface area (Å²) in [6.45, 7) is 3.41. The summed E-state index contributed by atoms with van der Waals surface area (Å²) < 4.78 is 40.7. The molecule has 0 aliphatic rings. The van der Waals surface area contributed by atoms with Crippen LogP contribution in [0.4, 0.5) is 4.39 Å². The van der Waals surface area contributed by atoms with Crippen molar-refractivity contribution in [3.63, 3.8) is 0 Å². The number of rotatable bonds is 5. The molecule has 0 saturated carbocycles. The van der Waals surface area contributed by atoms with Gasteiger partial charge in [0.15, 0.2) is 0 Å². The molecular weight excluding hydrogens is 293 g/mol. The molecule has 7 heteroatoms. The van der Waals surface area contributed by atoms with E-state index in [2.05, 4.69) is 0 Å². The third-order valence-electron chi connectivity index (χ3n) is 2.25. The first-order valence-electron chi connectivity index (χ1n) is 5.38. The van der Waals surface area contributed by atoms with Gasteiger partial charge < -0.3 is 4.74 Å². The van der Waals surface area contributed by atoms with Crippen molar-refractivity contribution in [2.75, 3.05) is 12.4 Å². The standard InChI is InChI=1S/C12H13ClFNO3S/c1-12(2,8-19(13,16)17)7-18-10-4-3-9(6-15)11(14)5-10/h3-5H,7-8H2,1-2H3. The molecule has 0 heterocycles. The van der Waals surface area contributed by atoms with Gasteiger partial charge in [0.25, 0.3) is 0 Å². The zero-order chi connectivity index (χ0) is 14.7. The number of nitrogens with zero attached hydrogens (tertiary/aromatic N) is 1. The minimum atomic E-state index is -3.63. The van der Waals surface area contributed by atoms with Crippen molar-refractivity contribution in [3.8, 4) is 11.8 Å². The summed E-state index contributed by atoms with van der Waals surface area (Å²) in [5.74, 6) is -0.695. The lowest BCUT2D eigenvalue weighted by Gasteiger charge is -2.23. The quantitative estimate of drug-likeness (QED) is 0.784. The van der Waals surface area contributed by atoms with Gasteiger partial charge in [-0.2, -0.15) is 5.26 Å². The van der Waals surface area contributed by atoms with Crippen LogP contribution in [0.2, 0.25) is 0 Å².